The molecule has 0 aliphatic heterocycles. The molecule has 0 aromatic heterocycles. The Morgan fingerprint density at radius 2 is 1.87 bits per heavy atom. The van der Waals surface area contributed by atoms with Gasteiger partial charge < -0.3 is 14.8 Å². The molecule has 0 atom stereocenters. The summed E-state index contributed by atoms with van der Waals surface area (Å²) in [6, 6.07) is 14.6. The number of hydrogen-bond acceptors (Lipinski definition) is 3. The van der Waals surface area contributed by atoms with E-state index < -0.39 is 0 Å². The van der Waals surface area contributed by atoms with Gasteiger partial charge in [0.1, 0.15) is 11.5 Å². The molecule has 0 unspecified atom stereocenters. The van der Waals surface area contributed by atoms with Crippen LogP contribution in [0.15, 0.2) is 48.5 Å². The number of carbonyl (C=O) groups excluding carboxylic acids is 1. The highest BCUT2D eigenvalue weighted by Gasteiger charge is 2.10. The van der Waals surface area contributed by atoms with E-state index in [4.69, 9.17) is 9.47 Å². The van der Waals surface area contributed by atoms with Crippen LogP contribution in [0.1, 0.15) is 31.1 Å². The first-order chi connectivity index (χ1) is 11.1. The van der Waals surface area contributed by atoms with Crippen molar-refractivity contribution in [1.29, 1.82) is 0 Å². The molecule has 1 amide bonds. The number of ether oxygens (including phenoxy) is 2. The summed E-state index contributed by atoms with van der Waals surface area (Å²) < 4.78 is 11.2. The Labute approximate surface area is 137 Å². The number of para-hydroxylation sites is 2. The van der Waals surface area contributed by atoms with Crippen molar-refractivity contribution < 1.29 is 14.3 Å². The molecular weight excluding hydrogens is 290 g/mol. The van der Waals surface area contributed by atoms with Gasteiger partial charge >= 0.3 is 0 Å². The van der Waals surface area contributed by atoms with Gasteiger partial charge in [0.2, 0.25) is 0 Å². The van der Waals surface area contributed by atoms with Crippen molar-refractivity contribution in [3.05, 3.63) is 54.1 Å². The van der Waals surface area contributed by atoms with Gasteiger partial charge in [-0.1, -0.05) is 32.0 Å². The molecular formula is C19H23NO3. The summed E-state index contributed by atoms with van der Waals surface area (Å²) in [6.45, 7) is 7.25. The molecule has 0 heterocycles. The molecule has 122 valence electrons. The van der Waals surface area contributed by atoms with Gasteiger partial charge in [-0.15, -0.1) is 0 Å². The van der Waals surface area contributed by atoms with Crippen molar-refractivity contribution in [2.24, 2.45) is 5.92 Å². The number of rotatable bonds is 7. The molecule has 2 rings (SSSR count). The number of anilines is 1. The van der Waals surface area contributed by atoms with Gasteiger partial charge in [0.25, 0.3) is 5.91 Å². The van der Waals surface area contributed by atoms with E-state index in [2.05, 4.69) is 19.2 Å². The predicted octanol–water partition coefficient (Wildman–Crippen LogP) is 4.37. The minimum absolute atomic E-state index is 0.188. The van der Waals surface area contributed by atoms with Crippen LogP contribution in [0.4, 0.5) is 5.69 Å². The predicted molar refractivity (Wildman–Crippen MR) is 92.3 cm³/mol. The minimum Gasteiger partial charge on any atom is -0.493 e. The van der Waals surface area contributed by atoms with Gasteiger partial charge in [-0.2, -0.15) is 0 Å². The van der Waals surface area contributed by atoms with E-state index in [-0.39, 0.29) is 5.91 Å². The lowest BCUT2D eigenvalue weighted by molar-refractivity contribution is 0.102. The highest BCUT2D eigenvalue weighted by molar-refractivity contribution is 6.05. The third kappa shape index (κ3) is 5.02. The van der Waals surface area contributed by atoms with Crippen LogP contribution in [-0.4, -0.2) is 19.1 Å². The van der Waals surface area contributed by atoms with E-state index in [0.29, 0.717) is 41.9 Å². The third-order valence-electron chi connectivity index (χ3n) is 3.11. The topological polar surface area (TPSA) is 47.6 Å². The Morgan fingerprint density at radius 1 is 1.09 bits per heavy atom. The van der Waals surface area contributed by atoms with Crippen LogP contribution in [0.2, 0.25) is 0 Å². The van der Waals surface area contributed by atoms with Crippen molar-refractivity contribution in [2.75, 3.05) is 18.5 Å². The maximum absolute atomic E-state index is 12.4. The normalized spacial score (nSPS) is 10.4. The first-order valence-corrected chi connectivity index (χ1v) is 7.86. The monoisotopic (exact) mass is 313 g/mol. The van der Waals surface area contributed by atoms with Gasteiger partial charge in [0.05, 0.1) is 18.9 Å². The Kier molecular flexibility index (Phi) is 6.03. The smallest absolute Gasteiger partial charge is 0.255 e. The fourth-order valence-corrected chi connectivity index (χ4v) is 2.04. The van der Waals surface area contributed by atoms with Gasteiger partial charge in [0, 0.05) is 5.56 Å². The van der Waals surface area contributed by atoms with Crippen LogP contribution in [0.5, 0.6) is 11.5 Å². The highest BCUT2D eigenvalue weighted by atomic mass is 16.5. The van der Waals surface area contributed by atoms with Crippen LogP contribution >= 0.6 is 0 Å². The Hall–Kier alpha value is -2.49. The van der Waals surface area contributed by atoms with Crippen molar-refractivity contribution in [3.63, 3.8) is 0 Å². The summed E-state index contributed by atoms with van der Waals surface area (Å²) in [7, 11) is 0. The lowest BCUT2D eigenvalue weighted by Crippen LogP contribution is -2.13. The van der Waals surface area contributed by atoms with Crippen LogP contribution < -0.4 is 14.8 Å². The molecule has 0 fully saturated rings. The van der Waals surface area contributed by atoms with Crippen LogP contribution in [-0.2, 0) is 0 Å². The average Bonchev–Trinajstić information content (AvgIpc) is 2.55. The molecule has 2 aromatic carbocycles. The number of nitrogens with one attached hydrogen (secondary N) is 1. The van der Waals surface area contributed by atoms with Gasteiger partial charge in [-0.3, -0.25) is 4.79 Å². The number of carbonyl (C=O) groups is 1. The second-order valence-corrected chi connectivity index (χ2v) is 5.62. The highest BCUT2D eigenvalue weighted by Crippen LogP contribution is 2.24. The Bertz CT molecular complexity index is 653. The molecule has 1 N–H and O–H groups in total. The van der Waals surface area contributed by atoms with E-state index >= 15 is 0 Å². The second-order valence-electron chi connectivity index (χ2n) is 5.62. The maximum Gasteiger partial charge on any atom is 0.255 e. The van der Waals surface area contributed by atoms with Crippen LogP contribution in [0, 0.1) is 5.92 Å². The van der Waals surface area contributed by atoms with Crippen LogP contribution in [0.3, 0.4) is 0 Å². The van der Waals surface area contributed by atoms with Crippen molar-refractivity contribution in [2.45, 2.75) is 20.8 Å². The SMILES string of the molecule is CCOc1ccccc1NC(=O)c1cccc(OCC(C)C)c1. The van der Waals surface area contributed by atoms with Crippen LogP contribution in [0.25, 0.3) is 0 Å². The zero-order chi connectivity index (χ0) is 16.7. The molecule has 23 heavy (non-hydrogen) atoms. The fourth-order valence-electron chi connectivity index (χ4n) is 2.04. The van der Waals surface area contributed by atoms with Crippen molar-refractivity contribution in [3.8, 4) is 11.5 Å². The summed E-state index contributed by atoms with van der Waals surface area (Å²) in [6.07, 6.45) is 0. The molecule has 0 saturated heterocycles. The lowest BCUT2D eigenvalue weighted by Gasteiger charge is -2.12. The van der Waals surface area contributed by atoms with Gasteiger partial charge in [-0.25, -0.2) is 0 Å². The minimum atomic E-state index is -0.188. The zero-order valence-electron chi connectivity index (χ0n) is 13.8. The molecule has 2 aromatic rings. The molecule has 0 radical (unpaired) electrons. The third-order valence-corrected chi connectivity index (χ3v) is 3.11. The molecule has 0 saturated carbocycles. The van der Waals surface area contributed by atoms with Crippen molar-refractivity contribution >= 4 is 11.6 Å². The first-order valence-electron chi connectivity index (χ1n) is 7.86. The van der Waals surface area contributed by atoms with E-state index in [0.717, 1.165) is 0 Å². The van der Waals surface area contributed by atoms with Gasteiger partial charge in [-0.05, 0) is 43.2 Å². The number of amides is 1. The Balaban J connectivity index is 2.10. The van der Waals surface area contributed by atoms with Gasteiger partial charge in [0.15, 0.2) is 0 Å². The lowest BCUT2D eigenvalue weighted by atomic mass is 10.2. The Morgan fingerprint density at radius 3 is 2.61 bits per heavy atom. The largest absolute Gasteiger partial charge is 0.493 e. The molecule has 0 aliphatic rings. The molecule has 0 bridgehead atoms. The second kappa shape index (κ2) is 8.22. The molecule has 4 nitrogen and oxygen atoms in total. The van der Waals surface area contributed by atoms with Crippen molar-refractivity contribution in [1.82, 2.24) is 0 Å². The van der Waals surface area contributed by atoms with E-state index in [1.807, 2.05) is 43.3 Å². The van der Waals surface area contributed by atoms with E-state index in [9.17, 15) is 4.79 Å². The quantitative estimate of drug-likeness (QED) is 0.825. The summed E-state index contributed by atoms with van der Waals surface area (Å²) in [4.78, 5) is 12.4. The molecule has 4 heteroatoms. The fraction of sp³-hybridized carbons (Fsp3) is 0.316. The first kappa shape index (κ1) is 16.9. The zero-order valence-corrected chi connectivity index (χ0v) is 13.8. The average molecular weight is 313 g/mol. The molecule has 0 aliphatic carbocycles. The maximum atomic E-state index is 12.4. The summed E-state index contributed by atoms with van der Waals surface area (Å²) in [5, 5.41) is 2.88. The number of benzene rings is 2. The standard InChI is InChI=1S/C19H23NO3/c1-4-22-18-11-6-5-10-17(18)20-19(21)15-8-7-9-16(12-15)23-13-14(2)3/h5-12,14H,4,13H2,1-3H3,(H,20,21). The van der Waals surface area contributed by atoms with E-state index in [1.165, 1.54) is 0 Å². The summed E-state index contributed by atoms with van der Waals surface area (Å²) in [5.74, 6) is 1.61. The molecule has 0 spiro atoms. The summed E-state index contributed by atoms with van der Waals surface area (Å²) in [5.41, 5.74) is 1.21. The number of hydrogen-bond donors (Lipinski definition) is 1. The summed E-state index contributed by atoms with van der Waals surface area (Å²) >= 11 is 0. The van der Waals surface area contributed by atoms with E-state index in [1.54, 1.807) is 12.1 Å².